The first kappa shape index (κ1) is 15.7. The lowest BCUT2D eigenvalue weighted by molar-refractivity contribution is -0.133. The fraction of sp³-hybridized carbons (Fsp3) is 0.625. The highest BCUT2D eigenvalue weighted by Crippen LogP contribution is 2.26. The third-order valence-corrected chi connectivity index (χ3v) is 4.95. The first-order valence-corrected chi connectivity index (χ1v) is 8.10. The highest BCUT2D eigenvalue weighted by molar-refractivity contribution is 5.77. The lowest BCUT2D eigenvalue weighted by Gasteiger charge is -2.33. The molecular weight excluding hydrogens is 294 g/mol. The molecule has 1 amide bonds. The number of rotatable bonds is 3. The Labute approximate surface area is 134 Å². The van der Waals surface area contributed by atoms with Gasteiger partial charge < -0.3 is 4.90 Å². The summed E-state index contributed by atoms with van der Waals surface area (Å²) in [4.78, 5) is 30.9. The van der Waals surface area contributed by atoms with Crippen LogP contribution in [-0.2, 0) is 18.4 Å². The maximum absolute atomic E-state index is 12.5. The van der Waals surface area contributed by atoms with Crippen LogP contribution in [0.1, 0.15) is 32.6 Å². The molecule has 1 aliphatic carbocycles. The van der Waals surface area contributed by atoms with E-state index in [0.29, 0.717) is 11.0 Å². The Morgan fingerprint density at radius 2 is 2.04 bits per heavy atom. The van der Waals surface area contributed by atoms with Gasteiger partial charge in [0.25, 0.3) is 5.56 Å². The summed E-state index contributed by atoms with van der Waals surface area (Å²) in [5.74, 6) is 0.700. The molecule has 2 heterocycles. The van der Waals surface area contributed by atoms with Gasteiger partial charge in [-0.1, -0.05) is 6.92 Å². The van der Waals surface area contributed by atoms with Crippen molar-refractivity contribution in [3.8, 4) is 0 Å². The Morgan fingerprint density at radius 1 is 1.35 bits per heavy atom. The molecule has 7 heteroatoms. The van der Waals surface area contributed by atoms with E-state index >= 15 is 0 Å². The lowest BCUT2D eigenvalue weighted by atomic mass is 9.87. The van der Waals surface area contributed by atoms with Crippen molar-refractivity contribution in [2.75, 3.05) is 7.05 Å². The van der Waals surface area contributed by atoms with Crippen LogP contribution in [0.5, 0.6) is 0 Å². The van der Waals surface area contributed by atoms with Gasteiger partial charge in [-0.25, -0.2) is 4.98 Å². The van der Waals surface area contributed by atoms with Crippen LogP contribution in [0.2, 0.25) is 0 Å². The standard InChI is InChI=1S/C16H23N5O2/c1-11-4-6-12(7-5-11)19(2)14(22)9-21-10-17-15-13(16(21)23)8-18-20(15)3/h8,10-12H,4-7,9H2,1-3H3. The molecule has 0 aromatic carbocycles. The second-order valence-corrected chi connectivity index (χ2v) is 6.60. The van der Waals surface area contributed by atoms with Crippen molar-refractivity contribution in [1.29, 1.82) is 0 Å². The highest BCUT2D eigenvalue weighted by Gasteiger charge is 2.25. The molecule has 1 saturated carbocycles. The number of likely N-dealkylation sites (N-methyl/N-ethyl adjacent to an activating group) is 1. The topological polar surface area (TPSA) is 73.0 Å². The maximum atomic E-state index is 12.5. The minimum Gasteiger partial charge on any atom is -0.341 e. The molecule has 0 radical (unpaired) electrons. The second-order valence-electron chi connectivity index (χ2n) is 6.60. The molecule has 0 bridgehead atoms. The van der Waals surface area contributed by atoms with E-state index in [1.165, 1.54) is 17.1 Å². The number of nitrogens with zero attached hydrogens (tertiary/aromatic N) is 5. The van der Waals surface area contributed by atoms with Gasteiger partial charge in [-0.2, -0.15) is 5.10 Å². The molecular formula is C16H23N5O2. The van der Waals surface area contributed by atoms with Crippen LogP contribution >= 0.6 is 0 Å². The summed E-state index contributed by atoms with van der Waals surface area (Å²) in [7, 11) is 3.58. The van der Waals surface area contributed by atoms with Gasteiger partial charge >= 0.3 is 0 Å². The Balaban J connectivity index is 1.75. The average molecular weight is 317 g/mol. The highest BCUT2D eigenvalue weighted by atomic mass is 16.2. The summed E-state index contributed by atoms with van der Waals surface area (Å²) in [5.41, 5.74) is 0.315. The van der Waals surface area contributed by atoms with Crippen molar-refractivity contribution in [2.45, 2.75) is 45.2 Å². The Morgan fingerprint density at radius 3 is 2.74 bits per heavy atom. The van der Waals surface area contributed by atoms with Crippen molar-refractivity contribution >= 4 is 16.9 Å². The van der Waals surface area contributed by atoms with E-state index in [1.807, 2.05) is 7.05 Å². The number of aromatic nitrogens is 4. The first-order valence-electron chi connectivity index (χ1n) is 8.10. The van der Waals surface area contributed by atoms with Crippen molar-refractivity contribution in [1.82, 2.24) is 24.2 Å². The third-order valence-electron chi connectivity index (χ3n) is 4.95. The van der Waals surface area contributed by atoms with Gasteiger partial charge in [0, 0.05) is 20.1 Å². The Bertz CT molecular complexity index is 770. The zero-order valence-corrected chi connectivity index (χ0v) is 13.9. The van der Waals surface area contributed by atoms with Crippen LogP contribution in [0.15, 0.2) is 17.3 Å². The number of hydrogen-bond donors (Lipinski definition) is 0. The molecule has 0 aliphatic heterocycles. The van der Waals surface area contributed by atoms with Crippen molar-refractivity contribution in [2.24, 2.45) is 13.0 Å². The van der Waals surface area contributed by atoms with Gasteiger partial charge in [-0.3, -0.25) is 18.8 Å². The minimum absolute atomic E-state index is 0.0270. The SMILES string of the molecule is CC1CCC(N(C)C(=O)Cn2cnc3c(cnn3C)c2=O)CC1. The molecule has 0 atom stereocenters. The normalized spacial score (nSPS) is 21.5. The fourth-order valence-electron chi connectivity index (χ4n) is 3.27. The van der Waals surface area contributed by atoms with E-state index in [9.17, 15) is 9.59 Å². The predicted octanol–water partition coefficient (Wildman–Crippen LogP) is 1.17. The molecule has 1 aliphatic rings. The zero-order chi connectivity index (χ0) is 16.6. The van der Waals surface area contributed by atoms with Gasteiger partial charge in [0.2, 0.25) is 5.91 Å². The second kappa shape index (κ2) is 6.14. The molecule has 0 saturated heterocycles. The number of carbonyl (C=O) groups is 1. The van der Waals surface area contributed by atoms with Crippen molar-refractivity contribution in [3.63, 3.8) is 0 Å². The average Bonchev–Trinajstić information content (AvgIpc) is 2.92. The van der Waals surface area contributed by atoms with Gasteiger partial charge in [-0.05, 0) is 31.6 Å². The van der Waals surface area contributed by atoms with Gasteiger partial charge in [0.1, 0.15) is 18.3 Å². The van der Waals surface area contributed by atoms with E-state index in [0.717, 1.165) is 31.6 Å². The molecule has 1 fully saturated rings. The third kappa shape index (κ3) is 3.00. The number of fused-ring (bicyclic) bond motifs is 1. The zero-order valence-electron chi connectivity index (χ0n) is 13.9. The number of amides is 1. The summed E-state index contributed by atoms with van der Waals surface area (Å²) in [6.45, 7) is 2.28. The molecule has 124 valence electrons. The van der Waals surface area contributed by atoms with Crippen LogP contribution in [0.25, 0.3) is 11.0 Å². The molecule has 0 unspecified atom stereocenters. The number of hydrogen-bond acceptors (Lipinski definition) is 4. The van der Waals surface area contributed by atoms with E-state index in [2.05, 4.69) is 17.0 Å². The lowest BCUT2D eigenvalue weighted by Crippen LogP contribution is -2.42. The molecule has 7 nitrogen and oxygen atoms in total. The minimum atomic E-state index is -0.220. The van der Waals surface area contributed by atoms with Gasteiger partial charge in [0.05, 0.1) is 6.20 Å². The Kier molecular flexibility index (Phi) is 4.19. The van der Waals surface area contributed by atoms with Crippen LogP contribution < -0.4 is 5.56 Å². The fourth-order valence-corrected chi connectivity index (χ4v) is 3.27. The van der Waals surface area contributed by atoms with Crippen LogP contribution in [0.4, 0.5) is 0 Å². The van der Waals surface area contributed by atoms with E-state index < -0.39 is 0 Å². The van der Waals surface area contributed by atoms with Crippen LogP contribution in [0.3, 0.4) is 0 Å². The maximum Gasteiger partial charge on any atom is 0.264 e. The van der Waals surface area contributed by atoms with Crippen LogP contribution in [-0.4, -0.2) is 43.2 Å². The summed E-state index contributed by atoms with van der Waals surface area (Å²) in [6.07, 6.45) is 7.33. The van der Waals surface area contributed by atoms with Crippen molar-refractivity contribution in [3.05, 3.63) is 22.9 Å². The summed E-state index contributed by atoms with van der Waals surface area (Å²) in [6, 6.07) is 0.282. The summed E-state index contributed by atoms with van der Waals surface area (Å²) >= 11 is 0. The molecule has 0 N–H and O–H groups in total. The molecule has 23 heavy (non-hydrogen) atoms. The van der Waals surface area contributed by atoms with Crippen LogP contribution in [0, 0.1) is 5.92 Å². The summed E-state index contributed by atoms with van der Waals surface area (Å²) < 4.78 is 2.92. The molecule has 2 aromatic heterocycles. The van der Waals surface area contributed by atoms with Gasteiger partial charge in [0.15, 0.2) is 5.65 Å². The molecule has 2 aromatic rings. The number of aryl methyl sites for hydroxylation is 1. The smallest absolute Gasteiger partial charge is 0.264 e. The summed E-state index contributed by atoms with van der Waals surface area (Å²) in [5, 5.41) is 4.48. The quantitative estimate of drug-likeness (QED) is 0.852. The van der Waals surface area contributed by atoms with E-state index in [-0.39, 0.29) is 24.1 Å². The largest absolute Gasteiger partial charge is 0.341 e. The molecule has 0 spiro atoms. The molecule has 3 rings (SSSR count). The van der Waals surface area contributed by atoms with E-state index in [1.54, 1.807) is 16.6 Å². The first-order chi connectivity index (χ1) is 11.0. The van der Waals surface area contributed by atoms with Gasteiger partial charge in [-0.15, -0.1) is 0 Å². The monoisotopic (exact) mass is 317 g/mol. The predicted molar refractivity (Wildman–Crippen MR) is 87.0 cm³/mol. The Hall–Kier alpha value is -2.18. The van der Waals surface area contributed by atoms with E-state index in [4.69, 9.17) is 0 Å². The number of carbonyl (C=O) groups excluding carboxylic acids is 1. The van der Waals surface area contributed by atoms with Crippen molar-refractivity contribution < 1.29 is 4.79 Å².